The Labute approximate surface area is 156 Å². The number of para-hydroxylation sites is 1. The first kappa shape index (κ1) is 18.3. The molecule has 1 heterocycles. The van der Waals surface area contributed by atoms with Gasteiger partial charge in [-0.15, -0.1) is 0 Å². The van der Waals surface area contributed by atoms with Gasteiger partial charge in [0.15, 0.2) is 6.61 Å². The quantitative estimate of drug-likeness (QED) is 0.766. The Balaban J connectivity index is 1.56. The van der Waals surface area contributed by atoms with Crippen LogP contribution in [0.4, 0.5) is 5.69 Å². The molecule has 0 aromatic heterocycles. The van der Waals surface area contributed by atoms with E-state index in [0.29, 0.717) is 12.1 Å². The highest BCUT2D eigenvalue weighted by molar-refractivity contribution is 6.37. The summed E-state index contributed by atoms with van der Waals surface area (Å²) in [6.07, 6.45) is 1.05. The van der Waals surface area contributed by atoms with Gasteiger partial charge in [-0.05, 0) is 23.6 Å². The fourth-order valence-corrected chi connectivity index (χ4v) is 2.63. The number of hydrogen-bond donors (Lipinski definition) is 2. The molecule has 2 N–H and O–H groups in total. The van der Waals surface area contributed by atoms with E-state index in [2.05, 4.69) is 15.8 Å². The Morgan fingerprint density at radius 1 is 1.04 bits per heavy atom. The zero-order chi connectivity index (χ0) is 19.1. The first-order valence-corrected chi connectivity index (χ1v) is 8.56. The van der Waals surface area contributed by atoms with E-state index in [-0.39, 0.29) is 24.5 Å². The molecule has 7 nitrogen and oxygen atoms in total. The Kier molecular flexibility index (Phi) is 5.94. The van der Waals surface area contributed by atoms with E-state index in [1.807, 2.05) is 48.5 Å². The van der Waals surface area contributed by atoms with Crippen LogP contribution in [0.1, 0.15) is 24.0 Å². The summed E-state index contributed by atoms with van der Waals surface area (Å²) in [5, 5.41) is 6.41. The maximum atomic E-state index is 12.2. The molecular formula is C20H19N3O4. The van der Waals surface area contributed by atoms with Crippen LogP contribution in [0.15, 0.2) is 59.7 Å². The SMILES string of the molecule is O=C1CCC(C(=O)OCC(=O)Nc2ccccc2Cc2ccccc2)=NN1. The number of hydrogen-bond acceptors (Lipinski definition) is 5. The van der Waals surface area contributed by atoms with E-state index in [4.69, 9.17) is 4.74 Å². The van der Waals surface area contributed by atoms with Crippen molar-refractivity contribution >= 4 is 29.2 Å². The lowest BCUT2D eigenvalue weighted by atomic mass is 10.0. The van der Waals surface area contributed by atoms with Gasteiger partial charge in [0, 0.05) is 18.5 Å². The second-order valence-electron chi connectivity index (χ2n) is 6.04. The van der Waals surface area contributed by atoms with Gasteiger partial charge in [-0.3, -0.25) is 9.59 Å². The van der Waals surface area contributed by atoms with Crippen molar-refractivity contribution in [2.75, 3.05) is 11.9 Å². The topological polar surface area (TPSA) is 96.9 Å². The van der Waals surface area contributed by atoms with Crippen molar-refractivity contribution in [2.24, 2.45) is 5.10 Å². The molecule has 3 rings (SSSR count). The molecule has 0 spiro atoms. The summed E-state index contributed by atoms with van der Waals surface area (Å²) in [7, 11) is 0. The van der Waals surface area contributed by atoms with Crippen LogP contribution in [-0.4, -0.2) is 30.1 Å². The summed E-state index contributed by atoms with van der Waals surface area (Å²) in [5.74, 6) is -1.40. The summed E-state index contributed by atoms with van der Waals surface area (Å²) in [4.78, 5) is 35.1. The van der Waals surface area contributed by atoms with E-state index in [0.717, 1.165) is 11.1 Å². The molecule has 2 amide bonds. The predicted molar refractivity (Wildman–Crippen MR) is 100 cm³/mol. The number of anilines is 1. The maximum absolute atomic E-state index is 12.2. The molecule has 1 aliphatic rings. The van der Waals surface area contributed by atoms with Gasteiger partial charge in [0.05, 0.1) is 0 Å². The lowest BCUT2D eigenvalue weighted by molar-refractivity contribution is -0.140. The maximum Gasteiger partial charge on any atom is 0.355 e. The standard InChI is InChI=1S/C20H19N3O4/c24-18-11-10-17(22-23-18)20(26)27-13-19(25)21-16-9-5-4-8-15(16)12-14-6-2-1-3-7-14/h1-9H,10-13H2,(H,21,25)(H,23,24). The molecule has 0 aliphatic carbocycles. The number of ether oxygens (including phenoxy) is 1. The van der Waals surface area contributed by atoms with Crippen molar-refractivity contribution in [2.45, 2.75) is 19.3 Å². The molecular weight excluding hydrogens is 346 g/mol. The van der Waals surface area contributed by atoms with E-state index >= 15 is 0 Å². The Bertz CT molecular complexity index is 878. The average Bonchev–Trinajstić information content (AvgIpc) is 2.69. The van der Waals surface area contributed by atoms with E-state index in [1.54, 1.807) is 6.07 Å². The lowest BCUT2D eigenvalue weighted by Crippen LogP contribution is -2.32. The van der Waals surface area contributed by atoms with Gasteiger partial charge in [-0.25, -0.2) is 10.2 Å². The molecule has 2 aromatic carbocycles. The van der Waals surface area contributed by atoms with Gasteiger partial charge in [-0.2, -0.15) is 5.10 Å². The first-order chi connectivity index (χ1) is 13.1. The second-order valence-corrected chi connectivity index (χ2v) is 6.04. The van der Waals surface area contributed by atoms with E-state index in [9.17, 15) is 14.4 Å². The van der Waals surface area contributed by atoms with Crippen molar-refractivity contribution in [1.29, 1.82) is 0 Å². The van der Waals surface area contributed by atoms with Gasteiger partial charge >= 0.3 is 5.97 Å². The number of esters is 1. The van der Waals surface area contributed by atoms with Crippen LogP contribution in [-0.2, 0) is 25.5 Å². The number of hydrazone groups is 1. The Morgan fingerprint density at radius 2 is 1.78 bits per heavy atom. The molecule has 0 atom stereocenters. The third kappa shape index (κ3) is 5.24. The molecule has 0 bridgehead atoms. The van der Waals surface area contributed by atoms with Crippen LogP contribution >= 0.6 is 0 Å². The highest BCUT2D eigenvalue weighted by Gasteiger charge is 2.20. The van der Waals surface area contributed by atoms with Gasteiger partial charge in [0.2, 0.25) is 5.91 Å². The van der Waals surface area contributed by atoms with Crippen molar-refractivity contribution in [3.05, 3.63) is 65.7 Å². The van der Waals surface area contributed by atoms with Gasteiger partial charge in [-0.1, -0.05) is 48.5 Å². The van der Waals surface area contributed by atoms with Crippen molar-refractivity contribution in [3.63, 3.8) is 0 Å². The third-order valence-electron chi connectivity index (χ3n) is 4.00. The normalized spacial score (nSPS) is 13.3. The third-order valence-corrected chi connectivity index (χ3v) is 4.00. The monoisotopic (exact) mass is 365 g/mol. The van der Waals surface area contributed by atoms with Crippen LogP contribution in [0, 0.1) is 0 Å². The molecule has 138 valence electrons. The summed E-state index contributed by atoms with van der Waals surface area (Å²) in [6.45, 7) is -0.425. The fourth-order valence-electron chi connectivity index (χ4n) is 2.63. The van der Waals surface area contributed by atoms with Crippen LogP contribution in [0.5, 0.6) is 0 Å². The molecule has 0 unspecified atom stereocenters. The Morgan fingerprint density at radius 3 is 2.52 bits per heavy atom. The molecule has 1 aliphatic heterocycles. The zero-order valence-electron chi connectivity index (χ0n) is 14.6. The van der Waals surface area contributed by atoms with Gasteiger partial charge in [0.1, 0.15) is 5.71 Å². The summed E-state index contributed by atoms with van der Waals surface area (Å²) < 4.78 is 4.98. The van der Waals surface area contributed by atoms with Gasteiger partial charge in [0.25, 0.3) is 5.91 Å². The molecule has 0 fully saturated rings. The molecule has 0 saturated carbocycles. The zero-order valence-corrected chi connectivity index (χ0v) is 14.6. The van der Waals surface area contributed by atoms with Crippen molar-refractivity contribution < 1.29 is 19.1 Å². The van der Waals surface area contributed by atoms with Crippen LogP contribution in [0.25, 0.3) is 0 Å². The minimum absolute atomic E-state index is 0.104. The molecule has 27 heavy (non-hydrogen) atoms. The van der Waals surface area contributed by atoms with E-state index < -0.39 is 18.5 Å². The van der Waals surface area contributed by atoms with E-state index in [1.165, 1.54) is 0 Å². The number of nitrogens with one attached hydrogen (secondary N) is 2. The number of amides is 2. The molecule has 0 saturated heterocycles. The van der Waals surface area contributed by atoms with Gasteiger partial charge < -0.3 is 10.1 Å². The highest BCUT2D eigenvalue weighted by Crippen LogP contribution is 2.19. The fraction of sp³-hybridized carbons (Fsp3) is 0.200. The average molecular weight is 365 g/mol. The number of rotatable bonds is 6. The summed E-state index contributed by atoms with van der Waals surface area (Å²) in [5.41, 5.74) is 5.08. The number of benzene rings is 2. The van der Waals surface area contributed by atoms with Crippen LogP contribution in [0.2, 0.25) is 0 Å². The lowest BCUT2D eigenvalue weighted by Gasteiger charge is -2.13. The van der Waals surface area contributed by atoms with Crippen LogP contribution < -0.4 is 10.7 Å². The first-order valence-electron chi connectivity index (χ1n) is 8.56. The molecule has 7 heteroatoms. The Hall–Kier alpha value is -3.48. The second kappa shape index (κ2) is 8.75. The minimum Gasteiger partial charge on any atom is -0.451 e. The minimum atomic E-state index is -0.706. The van der Waals surface area contributed by atoms with Crippen LogP contribution in [0.3, 0.4) is 0 Å². The summed E-state index contributed by atoms with van der Waals surface area (Å²) in [6, 6.07) is 17.4. The highest BCUT2D eigenvalue weighted by atomic mass is 16.5. The smallest absolute Gasteiger partial charge is 0.355 e. The largest absolute Gasteiger partial charge is 0.451 e. The number of nitrogens with zero attached hydrogens (tertiary/aromatic N) is 1. The van der Waals surface area contributed by atoms with Crippen molar-refractivity contribution in [1.82, 2.24) is 5.43 Å². The molecule has 2 aromatic rings. The molecule has 0 radical (unpaired) electrons. The number of carbonyl (C=O) groups excluding carboxylic acids is 3. The summed E-state index contributed by atoms with van der Waals surface area (Å²) >= 11 is 0. The number of carbonyl (C=O) groups is 3. The predicted octanol–water partition coefficient (Wildman–Crippen LogP) is 2.03. The van der Waals surface area contributed by atoms with Crippen molar-refractivity contribution in [3.8, 4) is 0 Å².